The lowest BCUT2D eigenvalue weighted by Crippen LogP contribution is -2.39. The van der Waals surface area contributed by atoms with Crippen molar-refractivity contribution in [3.8, 4) is 11.5 Å². The minimum atomic E-state index is 0. The molecule has 1 aliphatic heterocycles. The molecule has 5 nitrogen and oxygen atoms in total. The SMILES string of the molecule is Cl.Cl.O=C(CC1CSCCN1)Nc1cccc(Oc2ccncc2)c1. The third-order valence-electron chi connectivity index (χ3n) is 3.43. The first-order valence-electron chi connectivity index (χ1n) is 7.58. The van der Waals surface area contributed by atoms with Gasteiger partial charge < -0.3 is 15.4 Å². The molecule has 136 valence electrons. The number of rotatable bonds is 5. The number of hydrogen-bond acceptors (Lipinski definition) is 5. The molecule has 0 radical (unpaired) electrons. The van der Waals surface area contributed by atoms with Crippen molar-refractivity contribution in [1.29, 1.82) is 0 Å². The van der Waals surface area contributed by atoms with Crippen molar-refractivity contribution in [1.82, 2.24) is 10.3 Å². The van der Waals surface area contributed by atoms with E-state index in [1.54, 1.807) is 24.5 Å². The van der Waals surface area contributed by atoms with E-state index < -0.39 is 0 Å². The minimum absolute atomic E-state index is 0. The molecule has 2 heterocycles. The fourth-order valence-electron chi connectivity index (χ4n) is 2.37. The molecule has 3 rings (SSSR count). The van der Waals surface area contributed by atoms with Crippen molar-refractivity contribution in [3.63, 3.8) is 0 Å². The molecular formula is C17H21Cl2N3O2S. The molecule has 8 heteroatoms. The largest absolute Gasteiger partial charge is 0.457 e. The molecule has 1 aliphatic rings. The molecule has 1 atom stereocenters. The topological polar surface area (TPSA) is 63.2 Å². The first-order chi connectivity index (χ1) is 11.3. The van der Waals surface area contributed by atoms with Crippen LogP contribution in [0.1, 0.15) is 6.42 Å². The Hall–Kier alpha value is -1.47. The Kier molecular flexibility index (Phi) is 9.67. The van der Waals surface area contributed by atoms with Crippen molar-refractivity contribution in [2.24, 2.45) is 0 Å². The summed E-state index contributed by atoms with van der Waals surface area (Å²) < 4.78 is 5.74. The zero-order valence-corrected chi connectivity index (χ0v) is 16.0. The van der Waals surface area contributed by atoms with Gasteiger partial charge in [-0.2, -0.15) is 11.8 Å². The van der Waals surface area contributed by atoms with Crippen LogP contribution < -0.4 is 15.4 Å². The lowest BCUT2D eigenvalue weighted by Gasteiger charge is -2.22. The number of pyridine rings is 1. The highest BCUT2D eigenvalue weighted by Crippen LogP contribution is 2.23. The van der Waals surface area contributed by atoms with Crippen molar-refractivity contribution in [3.05, 3.63) is 48.8 Å². The van der Waals surface area contributed by atoms with Crippen molar-refractivity contribution in [2.45, 2.75) is 12.5 Å². The summed E-state index contributed by atoms with van der Waals surface area (Å²) in [7, 11) is 0. The van der Waals surface area contributed by atoms with Crippen LogP contribution >= 0.6 is 36.6 Å². The maximum absolute atomic E-state index is 12.1. The standard InChI is InChI=1S/C17H19N3O2S.2ClH/c21-17(11-14-12-23-9-8-19-14)20-13-2-1-3-16(10-13)22-15-4-6-18-7-5-15;;/h1-7,10,14,19H,8-9,11-12H2,(H,20,21);2*1H. The smallest absolute Gasteiger partial charge is 0.225 e. The van der Waals surface area contributed by atoms with Crippen LogP contribution in [0.25, 0.3) is 0 Å². The number of carbonyl (C=O) groups is 1. The minimum Gasteiger partial charge on any atom is -0.457 e. The van der Waals surface area contributed by atoms with Crippen LogP contribution in [0.15, 0.2) is 48.8 Å². The normalized spacial score (nSPS) is 16.1. The number of anilines is 1. The summed E-state index contributed by atoms with van der Waals surface area (Å²) in [5.74, 6) is 3.52. The number of aromatic nitrogens is 1. The highest BCUT2D eigenvalue weighted by atomic mass is 35.5. The summed E-state index contributed by atoms with van der Waals surface area (Å²) in [6.07, 6.45) is 3.84. The molecule has 1 saturated heterocycles. The second-order valence-corrected chi connectivity index (χ2v) is 6.44. The summed E-state index contributed by atoms with van der Waals surface area (Å²) in [6.45, 7) is 0.970. The van der Waals surface area contributed by atoms with Crippen molar-refractivity contribution >= 4 is 48.2 Å². The fourth-order valence-corrected chi connectivity index (χ4v) is 3.32. The molecule has 1 unspecified atom stereocenters. The molecule has 2 aromatic rings. The summed E-state index contributed by atoms with van der Waals surface area (Å²) in [5.41, 5.74) is 0.741. The molecule has 0 saturated carbocycles. The first-order valence-corrected chi connectivity index (χ1v) is 8.74. The van der Waals surface area contributed by atoms with E-state index in [0.29, 0.717) is 17.9 Å². The second kappa shape index (κ2) is 11.2. The molecule has 0 aliphatic carbocycles. The molecule has 1 aromatic carbocycles. The average Bonchev–Trinajstić information content (AvgIpc) is 2.57. The maximum atomic E-state index is 12.1. The monoisotopic (exact) mass is 401 g/mol. The lowest BCUT2D eigenvalue weighted by atomic mass is 10.2. The van der Waals surface area contributed by atoms with E-state index in [9.17, 15) is 4.79 Å². The van der Waals surface area contributed by atoms with E-state index in [2.05, 4.69) is 15.6 Å². The third-order valence-corrected chi connectivity index (χ3v) is 4.56. The van der Waals surface area contributed by atoms with E-state index >= 15 is 0 Å². The van der Waals surface area contributed by atoms with Crippen LogP contribution in [0.4, 0.5) is 5.69 Å². The van der Waals surface area contributed by atoms with E-state index in [-0.39, 0.29) is 36.8 Å². The molecule has 1 amide bonds. The van der Waals surface area contributed by atoms with Gasteiger partial charge in [-0.05, 0) is 24.3 Å². The van der Waals surface area contributed by atoms with Crippen LogP contribution in [0.2, 0.25) is 0 Å². The number of thioether (sulfide) groups is 1. The third kappa shape index (κ3) is 7.12. The Morgan fingerprint density at radius 1 is 1.24 bits per heavy atom. The zero-order valence-electron chi connectivity index (χ0n) is 13.5. The number of nitrogens with one attached hydrogen (secondary N) is 2. The van der Waals surface area contributed by atoms with Crippen LogP contribution in [0, 0.1) is 0 Å². The number of benzene rings is 1. The van der Waals surface area contributed by atoms with Crippen molar-refractivity contribution in [2.75, 3.05) is 23.4 Å². The van der Waals surface area contributed by atoms with Gasteiger partial charge >= 0.3 is 0 Å². The van der Waals surface area contributed by atoms with Crippen molar-refractivity contribution < 1.29 is 9.53 Å². The average molecular weight is 402 g/mol. The summed E-state index contributed by atoms with van der Waals surface area (Å²) >= 11 is 1.89. The highest BCUT2D eigenvalue weighted by molar-refractivity contribution is 7.99. The maximum Gasteiger partial charge on any atom is 0.225 e. The van der Waals surface area contributed by atoms with Crippen LogP contribution in [-0.4, -0.2) is 35.0 Å². The predicted octanol–water partition coefficient (Wildman–Crippen LogP) is 3.75. The number of amides is 1. The van der Waals surface area contributed by atoms with E-state index in [1.165, 1.54) is 0 Å². The molecular weight excluding hydrogens is 381 g/mol. The summed E-state index contributed by atoms with van der Waals surface area (Å²) in [6, 6.07) is 11.2. The van der Waals surface area contributed by atoms with Gasteiger partial charge in [-0.15, -0.1) is 24.8 Å². The molecule has 0 bridgehead atoms. The summed E-state index contributed by atoms with van der Waals surface area (Å²) in [5, 5.41) is 6.30. The summed E-state index contributed by atoms with van der Waals surface area (Å²) in [4.78, 5) is 16.1. The van der Waals surface area contributed by atoms with E-state index in [1.807, 2.05) is 36.0 Å². The molecule has 0 spiro atoms. The Morgan fingerprint density at radius 2 is 2.04 bits per heavy atom. The molecule has 25 heavy (non-hydrogen) atoms. The number of halogens is 2. The zero-order chi connectivity index (χ0) is 15.9. The molecule has 2 N–H and O–H groups in total. The van der Waals surface area contributed by atoms with Gasteiger partial charge in [0.05, 0.1) is 0 Å². The van der Waals surface area contributed by atoms with Gasteiger partial charge in [0.15, 0.2) is 0 Å². The molecule has 1 aromatic heterocycles. The number of nitrogens with zero attached hydrogens (tertiary/aromatic N) is 1. The Morgan fingerprint density at radius 3 is 2.76 bits per heavy atom. The van der Waals surface area contributed by atoms with Gasteiger partial charge in [0.2, 0.25) is 5.91 Å². The van der Waals surface area contributed by atoms with E-state index in [0.717, 1.165) is 23.7 Å². The predicted molar refractivity (Wildman–Crippen MR) is 108 cm³/mol. The Balaban J connectivity index is 0.00000156. The fraction of sp³-hybridized carbons (Fsp3) is 0.294. The van der Waals surface area contributed by atoms with Crippen LogP contribution in [-0.2, 0) is 4.79 Å². The van der Waals surface area contributed by atoms with Gasteiger partial charge in [0.1, 0.15) is 11.5 Å². The van der Waals surface area contributed by atoms with Gasteiger partial charge in [-0.25, -0.2) is 0 Å². The Labute approximate surface area is 164 Å². The first kappa shape index (κ1) is 21.6. The van der Waals surface area contributed by atoms with E-state index in [4.69, 9.17) is 4.74 Å². The molecule has 1 fully saturated rings. The van der Waals surface area contributed by atoms with Gasteiger partial charge in [0.25, 0.3) is 0 Å². The quantitative estimate of drug-likeness (QED) is 0.798. The lowest BCUT2D eigenvalue weighted by molar-refractivity contribution is -0.116. The van der Waals surface area contributed by atoms with Gasteiger partial charge in [0, 0.05) is 54.7 Å². The number of ether oxygens (including phenoxy) is 1. The van der Waals surface area contributed by atoms with Gasteiger partial charge in [-0.1, -0.05) is 6.07 Å². The van der Waals surface area contributed by atoms with Crippen LogP contribution in [0.5, 0.6) is 11.5 Å². The number of carbonyl (C=O) groups excluding carboxylic acids is 1. The number of hydrogen-bond donors (Lipinski definition) is 2. The highest BCUT2D eigenvalue weighted by Gasteiger charge is 2.16. The van der Waals surface area contributed by atoms with Crippen LogP contribution in [0.3, 0.4) is 0 Å². The van der Waals surface area contributed by atoms with Gasteiger partial charge in [-0.3, -0.25) is 9.78 Å². The second-order valence-electron chi connectivity index (χ2n) is 5.29. The Bertz CT molecular complexity index is 655.